The largest absolute Gasteiger partial charge is 0.289 e. The van der Waals surface area contributed by atoms with E-state index in [-0.39, 0.29) is 17.6 Å². The van der Waals surface area contributed by atoms with E-state index in [4.69, 9.17) is 0 Å². The number of aromatic nitrogens is 1. The molecule has 4 rings (SSSR count). The topological polar surface area (TPSA) is 67.3 Å². The number of carbonyl (C=O) groups excluding carboxylic acids is 3. The summed E-state index contributed by atoms with van der Waals surface area (Å²) in [7, 11) is 1.46. The molecule has 1 saturated carbocycles. The number of carbonyl (C=O) groups is 3. The predicted octanol–water partition coefficient (Wildman–Crippen LogP) is 2.74. The van der Waals surface area contributed by atoms with Gasteiger partial charge in [0.2, 0.25) is 0 Å². The van der Waals surface area contributed by atoms with Crippen molar-refractivity contribution in [2.24, 2.45) is 5.92 Å². The van der Waals surface area contributed by atoms with Gasteiger partial charge in [-0.2, -0.15) is 0 Å². The average molecular weight is 332 g/mol. The Bertz CT molecular complexity index is 927. The number of amides is 2. The first kappa shape index (κ1) is 15.4. The molecule has 1 aliphatic carbocycles. The summed E-state index contributed by atoms with van der Waals surface area (Å²) in [5.41, 5.74) is 2.33. The molecule has 1 aromatic heterocycles. The van der Waals surface area contributed by atoms with Gasteiger partial charge in [0, 0.05) is 41.7 Å². The van der Waals surface area contributed by atoms with Crippen LogP contribution in [0.3, 0.4) is 0 Å². The van der Waals surface area contributed by atoms with Gasteiger partial charge in [-0.15, -0.1) is 0 Å². The molecular formula is C20H16N2O3. The highest BCUT2D eigenvalue weighted by atomic mass is 16.2. The average Bonchev–Trinajstić information content (AvgIpc) is 3.48. The summed E-state index contributed by atoms with van der Waals surface area (Å²) >= 11 is 0. The van der Waals surface area contributed by atoms with E-state index < -0.39 is 5.91 Å². The molecule has 5 nitrogen and oxygen atoms in total. The molecule has 124 valence electrons. The molecule has 1 fully saturated rings. The van der Waals surface area contributed by atoms with E-state index in [1.165, 1.54) is 13.2 Å². The fraction of sp³-hybridized carbons (Fsp3) is 0.200. The van der Waals surface area contributed by atoms with Crippen molar-refractivity contribution in [1.29, 1.82) is 0 Å². The molecule has 0 unspecified atom stereocenters. The molecule has 2 heterocycles. The first-order valence-electron chi connectivity index (χ1n) is 8.20. The van der Waals surface area contributed by atoms with E-state index in [0.29, 0.717) is 27.8 Å². The summed E-state index contributed by atoms with van der Waals surface area (Å²) in [6.07, 6.45) is 4.86. The van der Waals surface area contributed by atoms with Crippen LogP contribution in [0.25, 0.3) is 5.57 Å². The van der Waals surface area contributed by atoms with Crippen LogP contribution in [0.5, 0.6) is 0 Å². The van der Waals surface area contributed by atoms with Crippen LogP contribution < -0.4 is 0 Å². The maximum Gasteiger partial charge on any atom is 0.261 e. The van der Waals surface area contributed by atoms with Gasteiger partial charge in [0.25, 0.3) is 11.8 Å². The lowest BCUT2D eigenvalue weighted by atomic mass is 9.86. The Morgan fingerprint density at radius 1 is 1.04 bits per heavy atom. The summed E-state index contributed by atoms with van der Waals surface area (Å²) in [5.74, 6) is -0.881. The SMILES string of the molecule is CN1C(=O)/C(=C(/C(=O)c2cccnc2)C2CC2)c2ccccc2C1=O. The first-order valence-corrected chi connectivity index (χ1v) is 8.20. The number of benzene rings is 1. The smallest absolute Gasteiger partial charge is 0.261 e. The number of fused-ring (bicyclic) bond motifs is 1. The normalized spacial score (nSPS) is 18.8. The van der Waals surface area contributed by atoms with Crippen molar-refractivity contribution in [2.75, 3.05) is 7.05 Å². The maximum absolute atomic E-state index is 13.1. The number of imide groups is 1. The van der Waals surface area contributed by atoms with Crippen molar-refractivity contribution in [3.05, 3.63) is 71.1 Å². The lowest BCUT2D eigenvalue weighted by Gasteiger charge is -2.27. The van der Waals surface area contributed by atoms with Crippen LogP contribution in [0.2, 0.25) is 0 Å². The van der Waals surface area contributed by atoms with Gasteiger partial charge in [0.05, 0.1) is 5.57 Å². The van der Waals surface area contributed by atoms with Crippen molar-refractivity contribution in [1.82, 2.24) is 9.88 Å². The Morgan fingerprint density at radius 2 is 1.76 bits per heavy atom. The van der Waals surface area contributed by atoms with E-state index in [9.17, 15) is 14.4 Å². The van der Waals surface area contributed by atoms with Crippen LogP contribution >= 0.6 is 0 Å². The summed E-state index contributed by atoms with van der Waals surface area (Å²) in [6, 6.07) is 10.4. The monoisotopic (exact) mass is 332 g/mol. The number of ketones is 1. The molecule has 2 aromatic rings. The third kappa shape index (κ3) is 2.48. The van der Waals surface area contributed by atoms with Gasteiger partial charge in [-0.3, -0.25) is 24.3 Å². The summed E-state index contributed by atoms with van der Waals surface area (Å²) in [5, 5.41) is 0. The lowest BCUT2D eigenvalue weighted by molar-refractivity contribution is -0.121. The van der Waals surface area contributed by atoms with E-state index in [0.717, 1.165) is 17.7 Å². The molecule has 0 saturated heterocycles. The van der Waals surface area contributed by atoms with Crippen molar-refractivity contribution < 1.29 is 14.4 Å². The van der Waals surface area contributed by atoms with E-state index in [1.54, 1.807) is 42.6 Å². The van der Waals surface area contributed by atoms with Crippen molar-refractivity contribution in [2.45, 2.75) is 12.8 Å². The van der Waals surface area contributed by atoms with Crippen molar-refractivity contribution in [3.63, 3.8) is 0 Å². The number of likely N-dealkylation sites (N-methyl/N-ethyl adjacent to an activating group) is 1. The Balaban J connectivity index is 1.97. The van der Waals surface area contributed by atoms with Crippen molar-refractivity contribution >= 4 is 23.2 Å². The number of allylic oxidation sites excluding steroid dienone is 1. The highest BCUT2D eigenvalue weighted by Gasteiger charge is 2.40. The highest BCUT2D eigenvalue weighted by Crippen LogP contribution is 2.43. The number of hydrogen-bond donors (Lipinski definition) is 0. The molecular weight excluding hydrogens is 316 g/mol. The van der Waals surface area contributed by atoms with Crippen LogP contribution in [0.4, 0.5) is 0 Å². The van der Waals surface area contributed by atoms with Gasteiger partial charge in [-0.25, -0.2) is 0 Å². The summed E-state index contributed by atoms with van der Waals surface area (Å²) < 4.78 is 0. The van der Waals surface area contributed by atoms with Gasteiger partial charge < -0.3 is 0 Å². The third-order valence-electron chi connectivity index (χ3n) is 4.67. The zero-order valence-corrected chi connectivity index (χ0v) is 13.7. The van der Waals surface area contributed by atoms with Gasteiger partial charge in [0.1, 0.15) is 0 Å². The first-order chi connectivity index (χ1) is 12.1. The lowest BCUT2D eigenvalue weighted by Crippen LogP contribution is -2.39. The molecule has 0 bridgehead atoms. The van der Waals surface area contributed by atoms with Gasteiger partial charge >= 0.3 is 0 Å². The molecule has 2 amide bonds. The van der Waals surface area contributed by atoms with Gasteiger partial charge in [-0.1, -0.05) is 18.2 Å². The second kappa shape index (κ2) is 5.77. The molecule has 0 N–H and O–H groups in total. The number of pyridine rings is 1. The predicted molar refractivity (Wildman–Crippen MR) is 91.8 cm³/mol. The summed E-state index contributed by atoms with van der Waals surface area (Å²) in [6.45, 7) is 0. The Kier molecular flexibility index (Phi) is 3.57. The minimum Gasteiger partial charge on any atom is -0.289 e. The molecule has 1 aromatic carbocycles. The quantitative estimate of drug-likeness (QED) is 0.492. The summed E-state index contributed by atoms with van der Waals surface area (Å²) in [4.78, 5) is 43.5. The maximum atomic E-state index is 13.1. The molecule has 2 aliphatic rings. The van der Waals surface area contributed by atoms with E-state index >= 15 is 0 Å². The van der Waals surface area contributed by atoms with E-state index in [2.05, 4.69) is 4.98 Å². The van der Waals surface area contributed by atoms with Crippen LogP contribution in [0, 0.1) is 5.92 Å². The Labute approximate surface area is 145 Å². The van der Waals surface area contributed by atoms with Crippen molar-refractivity contribution in [3.8, 4) is 0 Å². The van der Waals surface area contributed by atoms with Crippen LogP contribution in [0.15, 0.2) is 54.4 Å². The molecule has 25 heavy (non-hydrogen) atoms. The van der Waals surface area contributed by atoms with Gasteiger partial charge in [0.15, 0.2) is 5.78 Å². The second-order valence-corrected chi connectivity index (χ2v) is 6.35. The van der Waals surface area contributed by atoms with Crippen LogP contribution in [-0.2, 0) is 4.79 Å². The fourth-order valence-corrected chi connectivity index (χ4v) is 3.23. The standard InChI is InChI=1S/C20H16N2O3/c1-22-19(24)15-7-3-2-6-14(15)17(20(22)25)16(12-8-9-12)18(23)13-5-4-10-21-11-13/h2-7,10-12H,8-9H2,1H3/b17-16+. The zero-order valence-electron chi connectivity index (χ0n) is 13.7. The molecule has 0 spiro atoms. The minimum atomic E-state index is -0.414. The molecule has 5 heteroatoms. The fourth-order valence-electron chi connectivity index (χ4n) is 3.23. The van der Waals surface area contributed by atoms with Crippen LogP contribution in [0.1, 0.15) is 39.1 Å². The zero-order chi connectivity index (χ0) is 17.6. The number of hydrogen-bond acceptors (Lipinski definition) is 4. The third-order valence-corrected chi connectivity index (χ3v) is 4.67. The van der Waals surface area contributed by atoms with E-state index in [1.807, 2.05) is 0 Å². The number of nitrogens with zero attached hydrogens (tertiary/aromatic N) is 2. The minimum absolute atomic E-state index is 0.0568. The number of rotatable bonds is 3. The Hall–Kier alpha value is -3.08. The second-order valence-electron chi connectivity index (χ2n) is 6.35. The molecule has 1 aliphatic heterocycles. The van der Waals surface area contributed by atoms with Crippen LogP contribution in [-0.4, -0.2) is 34.5 Å². The highest BCUT2D eigenvalue weighted by molar-refractivity contribution is 6.35. The Morgan fingerprint density at radius 3 is 2.40 bits per heavy atom. The van der Waals surface area contributed by atoms with Gasteiger partial charge in [-0.05, 0) is 37.0 Å². The number of Topliss-reactive ketones (excluding diaryl/α,β-unsaturated/α-hetero) is 1. The molecule has 0 radical (unpaired) electrons. The molecule has 0 atom stereocenters.